The second kappa shape index (κ2) is 3.64. The molecular formula is C5H6Cl2N2. The van der Waals surface area contributed by atoms with E-state index in [1.165, 1.54) is 0 Å². The zero-order valence-corrected chi connectivity index (χ0v) is 6.41. The zero-order chi connectivity index (χ0) is 5.98. The summed E-state index contributed by atoms with van der Waals surface area (Å²) in [4.78, 5) is 7.52. The van der Waals surface area contributed by atoms with Crippen LogP contribution in [-0.2, 0) is 0 Å². The van der Waals surface area contributed by atoms with Crippen LogP contribution in [0.4, 0.5) is 0 Å². The summed E-state index contributed by atoms with van der Waals surface area (Å²) >= 11 is 5.42. The summed E-state index contributed by atoms with van der Waals surface area (Å²) in [5.74, 6) is 0. The fourth-order valence-electron chi connectivity index (χ4n) is 0.418. The smallest absolute Gasteiger partial charge is 0.222 e. The summed E-state index contributed by atoms with van der Waals surface area (Å²) in [6.45, 7) is 1.87. The third-order valence-corrected chi connectivity index (χ3v) is 0.948. The highest BCUT2D eigenvalue weighted by Gasteiger charge is 1.85. The minimum absolute atomic E-state index is 0. The van der Waals surface area contributed by atoms with Gasteiger partial charge in [-0.2, -0.15) is 0 Å². The summed E-state index contributed by atoms with van der Waals surface area (Å²) in [5.41, 5.74) is 0.894. The lowest BCUT2D eigenvalue weighted by Crippen LogP contribution is -1.82. The van der Waals surface area contributed by atoms with Crippen molar-refractivity contribution in [3.8, 4) is 0 Å². The molecule has 0 radical (unpaired) electrons. The van der Waals surface area contributed by atoms with E-state index in [0.29, 0.717) is 5.28 Å². The Balaban J connectivity index is 0.000000640. The van der Waals surface area contributed by atoms with Crippen LogP contribution in [0, 0.1) is 6.92 Å². The van der Waals surface area contributed by atoms with Crippen molar-refractivity contribution >= 4 is 24.0 Å². The lowest BCUT2D eigenvalue weighted by atomic mass is 10.5. The van der Waals surface area contributed by atoms with Crippen molar-refractivity contribution < 1.29 is 0 Å². The van der Waals surface area contributed by atoms with Gasteiger partial charge in [-0.15, -0.1) is 12.4 Å². The summed E-state index contributed by atoms with van der Waals surface area (Å²) in [7, 11) is 0. The van der Waals surface area contributed by atoms with E-state index in [9.17, 15) is 0 Å². The fraction of sp³-hybridized carbons (Fsp3) is 0.200. The van der Waals surface area contributed by atoms with Crippen LogP contribution in [0.3, 0.4) is 0 Å². The molecule has 0 fully saturated rings. The fourth-order valence-corrected chi connectivity index (χ4v) is 0.608. The second-order valence-corrected chi connectivity index (χ2v) is 1.81. The molecule has 2 nitrogen and oxygen atoms in total. The first-order valence-electron chi connectivity index (χ1n) is 2.24. The average molecular weight is 165 g/mol. The minimum atomic E-state index is 0. The molecule has 1 rings (SSSR count). The van der Waals surface area contributed by atoms with Gasteiger partial charge in [-0.3, -0.25) is 0 Å². The Labute approximate surface area is 64.7 Å². The van der Waals surface area contributed by atoms with Gasteiger partial charge in [0.25, 0.3) is 0 Å². The highest BCUT2D eigenvalue weighted by atomic mass is 35.5. The van der Waals surface area contributed by atoms with Crippen molar-refractivity contribution in [3.63, 3.8) is 0 Å². The summed E-state index contributed by atoms with van der Waals surface area (Å²) in [6, 6.07) is 1.80. The van der Waals surface area contributed by atoms with Crippen molar-refractivity contribution in [3.05, 3.63) is 23.2 Å². The van der Waals surface area contributed by atoms with E-state index in [-0.39, 0.29) is 12.4 Å². The molecule has 50 valence electrons. The quantitative estimate of drug-likeness (QED) is 0.548. The number of hydrogen-bond acceptors (Lipinski definition) is 2. The van der Waals surface area contributed by atoms with Gasteiger partial charge in [0.1, 0.15) is 0 Å². The van der Waals surface area contributed by atoms with Gasteiger partial charge in [-0.25, -0.2) is 9.97 Å². The molecule has 9 heavy (non-hydrogen) atoms. The average Bonchev–Trinajstić information content (AvgIpc) is 1.64. The number of halogens is 2. The Morgan fingerprint density at radius 1 is 1.56 bits per heavy atom. The molecule has 0 saturated carbocycles. The Morgan fingerprint density at radius 2 is 2.22 bits per heavy atom. The largest absolute Gasteiger partial charge is 0.227 e. The summed E-state index contributed by atoms with van der Waals surface area (Å²) < 4.78 is 0. The van der Waals surface area contributed by atoms with Crippen molar-refractivity contribution in [1.82, 2.24) is 9.97 Å². The Morgan fingerprint density at radius 3 is 2.56 bits per heavy atom. The molecule has 0 atom stereocenters. The van der Waals surface area contributed by atoms with Crippen molar-refractivity contribution in [1.29, 1.82) is 0 Å². The van der Waals surface area contributed by atoms with Gasteiger partial charge in [0.05, 0.1) is 0 Å². The molecule has 0 spiro atoms. The summed E-state index contributed by atoms with van der Waals surface area (Å²) in [5, 5.41) is 0.310. The Bertz CT molecular complexity index is 173. The van der Waals surface area contributed by atoms with Crippen LogP contribution in [-0.4, -0.2) is 9.97 Å². The van der Waals surface area contributed by atoms with Crippen LogP contribution in [0.2, 0.25) is 5.28 Å². The third-order valence-electron chi connectivity index (χ3n) is 0.765. The molecule has 4 heteroatoms. The SMILES string of the molecule is Cc1ccnc(Cl)n1.Cl. The van der Waals surface area contributed by atoms with E-state index in [0.717, 1.165) is 5.69 Å². The van der Waals surface area contributed by atoms with Crippen LogP contribution < -0.4 is 0 Å². The van der Waals surface area contributed by atoms with Crippen molar-refractivity contribution in [2.75, 3.05) is 0 Å². The van der Waals surface area contributed by atoms with Gasteiger partial charge in [0.15, 0.2) is 0 Å². The molecule has 0 aliphatic carbocycles. The maximum absolute atomic E-state index is 5.42. The van der Waals surface area contributed by atoms with Crippen molar-refractivity contribution in [2.24, 2.45) is 0 Å². The maximum Gasteiger partial charge on any atom is 0.222 e. The first kappa shape index (κ1) is 8.66. The third kappa shape index (κ3) is 2.63. The molecule has 1 aromatic heterocycles. The number of rotatable bonds is 0. The Kier molecular flexibility index (Phi) is 3.50. The molecule has 1 aromatic rings. The molecule has 0 bridgehead atoms. The lowest BCUT2D eigenvalue weighted by Gasteiger charge is -1.87. The van der Waals surface area contributed by atoms with Gasteiger partial charge in [-0.1, -0.05) is 0 Å². The van der Waals surface area contributed by atoms with Crippen LogP contribution >= 0.6 is 24.0 Å². The van der Waals surface area contributed by atoms with Crippen LogP contribution in [0.1, 0.15) is 5.69 Å². The van der Waals surface area contributed by atoms with Crippen molar-refractivity contribution in [2.45, 2.75) is 6.92 Å². The maximum atomic E-state index is 5.42. The normalized spacial score (nSPS) is 8.22. The molecular weight excluding hydrogens is 159 g/mol. The first-order chi connectivity index (χ1) is 3.79. The molecule has 0 amide bonds. The standard InChI is InChI=1S/C5H5ClN2.ClH/c1-4-2-3-7-5(6)8-4;/h2-3H,1H3;1H. The van der Waals surface area contributed by atoms with E-state index in [2.05, 4.69) is 9.97 Å². The van der Waals surface area contributed by atoms with Gasteiger partial charge in [-0.05, 0) is 24.6 Å². The highest BCUT2D eigenvalue weighted by molar-refractivity contribution is 6.28. The number of aromatic nitrogens is 2. The van der Waals surface area contributed by atoms with E-state index < -0.39 is 0 Å². The molecule has 0 N–H and O–H groups in total. The van der Waals surface area contributed by atoms with Crippen LogP contribution in [0.5, 0.6) is 0 Å². The van der Waals surface area contributed by atoms with Crippen LogP contribution in [0.25, 0.3) is 0 Å². The number of aryl methyl sites for hydroxylation is 1. The monoisotopic (exact) mass is 164 g/mol. The molecule has 0 saturated heterocycles. The van der Waals surface area contributed by atoms with Gasteiger partial charge >= 0.3 is 0 Å². The van der Waals surface area contributed by atoms with Crippen LogP contribution in [0.15, 0.2) is 12.3 Å². The predicted octanol–water partition coefficient (Wildman–Crippen LogP) is 1.86. The van der Waals surface area contributed by atoms with Gasteiger partial charge < -0.3 is 0 Å². The molecule has 0 unspecified atom stereocenters. The molecule has 0 aromatic carbocycles. The highest BCUT2D eigenvalue weighted by Crippen LogP contribution is 1.97. The first-order valence-corrected chi connectivity index (χ1v) is 2.62. The minimum Gasteiger partial charge on any atom is -0.227 e. The number of hydrogen-bond donors (Lipinski definition) is 0. The predicted molar refractivity (Wildman–Crippen MR) is 39.0 cm³/mol. The molecule has 0 aliphatic rings. The molecule has 1 heterocycles. The van der Waals surface area contributed by atoms with E-state index >= 15 is 0 Å². The summed E-state index contributed by atoms with van der Waals surface area (Å²) in [6.07, 6.45) is 1.63. The Hall–Kier alpha value is -0.340. The van der Waals surface area contributed by atoms with E-state index in [1.54, 1.807) is 12.3 Å². The topological polar surface area (TPSA) is 25.8 Å². The van der Waals surface area contributed by atoms with E-state index in [4.69, 9.17) is 11.6 Å². The van der Waals surface area contributed by atoms with Gasteiger partial charge in [0.2, 0.25) is 5.28 Å². The molecule has 0 aliphatic heterocycles. The van der Waals surface area contributed by atoms with Gasteiger partial charge in [0, 0.05) is 11.9 Å². The second-order valence-electron chi connectivity index (χ2n) is 1.47. The zero-order valence-electron chi connectivity index (χ0n) is 4.84. The lowest BCUT2D eigenvalue weighted by molar-refractivity contribution is 1.10. The van der Waals surface area contributed by atoms with E-state index in [1.807, 2.05) is 6.92 Å². The number of nitrogens with zero attached hydrogens (tertiary/aromatic N) is 2.